The number of carbonyl (C=O) groups is 1. The summed E-state index contributed by atoms with van der Waals surface area (Å²) in [6.45, 7) is 4.39. The van der Waals surface area contributed by atoms with Gasteiger partial charge < -0.3 is 10.1 Å². The second-order valence-electron chi connectivity index (χ2n) is 5.03. The monoisotopic (exact) mass is 315 g/mol. The lowest BCUT2D eigenvalue weighted by atomic mass is 10.2. The summed E-state index contributed by atoms with van der Waals surface area (Å²) in [7, 11) is 0. The Morgan fingerprint density at radius 1 is 1.18 bits per heavy atom. The van der Waals surface area contributed by atoms with Crippen molar-refractivity contribution in [2.75, 3.05) is 12.3 Å². The summed E-state index contributed by atoms with van der Waals surface area (Å²) >= 11 is 1.72. The number of rotatable bonds is 7. The molecule has 1 amide bonds. The number of thioether (sulfide) groups is 1. The average Bonchev–Trinajstić information content (AvgIpc) is 2.52. The Morgan fingerprint density at radius 3 is 2.68 bits per heavy atom. The molecule has 0 aliphatic heterocycles. The summed E-state index contributed by atoms with van der Waals surface area (Å²) in [5.74, 6) is 1.48. The SMILES string of the molecule is Cc1cccc(OC(C)C(=O)NCCSc2ccccc2)c1. The fourth-order valence-corrected chi connectivity index (χ4v) is 2.74. The van der Waals surface area contributed by atoms with Crippen molar-refractivity contribution >= 4 is 17.7 Å². The van der Waals surface area contributed by atoms with Crippen LogP contribution in [0.15, 0.2) is 59.5 Å². The van der Waals surface area contributed by atoms with Gasteiger partial charge in [0, 0.05) is 17.2 Å². The van der Waals surface area contributed by atoms with Crippen molar-refractivity contribution in [3.05, 3.63) is 60.2 Å². The number of benzene rings is 2. The molecule has 2 aromatic rings. The zero-order chi connectivity index (χ0) is 15.8. The van der Waals surface area contributed by atoms with Gasteiger partial charge in [-0.2, -0.15) is 0 Å². The lowest BCUT2D eigenvalue weighted by Gasteiger charge is -2.15. The third kappa shape index (κ3) is 5.45. The molecule has 0 aliphatic rings. The summed E-state index contributed by atoms with van der Waals surface area (Å²) < 4.78 is 5.65. The molecule has 1 atom stereocenters. The molecule has 0 fully saturated rings. The van der Waals surface area contributed by atoms with Crippen LogP contribution in [0, 0.1) is 6.92 Å². The molecule has 0 heterocycles. The van der Waals surface area contributed by atoms with Crippen LogP contribution in [-0.4, -0.2) is 24.3 Å². The Kier molecular flexibility index (Phi) is 6.34. The summed E-state index contributed by atoms with van der Waals surface area (Å²) in [5, 5.41) is 2.90. The van der Waals surface area contributed by atoms with Gasteiger partial charge in [0.25, 0.3) is 5.91 Å². The van der Waals surface area contributed by atoms with E-state index in [0.717, 1.165) is 17.1 Å². The van der Waals surface area contributed by atoms with E-state index in [4.69, 9.17) is 4.74 Å². The van der Waals surface area contributed by atoms with Crippen molar-refractivity contribution in [1.29, 1.82) is 0 Å². The number of nitrogens with one attached hydrogen (secondary N) is 1. The molecule has 4 heteroatoms. The molecule has 0 saturated heterocycles. The highest BCUT2D eigenvalue weighted by molar-refractivity contribution is 7.99. The Morgan fingerprint density at radius 2 is 1.95 bits per heavy atom. The van der Waals surface area contributed by atoms with Gasteiger partial charge in [-0.25, -0.2) is 0 Å². The molecule has 0 spiro atoms. The highest BCUT2D eigenvalue weighted by atomic mass is 32.2. The first-order valence-corrected chi connectivity index (χ1v) is 8.32. The zero-order valence-corrected chi connectivity index (χ0v) is 13.7. The normalized spacial score (nSPS) is 11.7. The summed E-state index contributed by atoms with van der Waals surface area (Å²) in [6, 6.07) is 17.9. The van der Waals surface area contributed by atoms with Crippen LogP contribution in [0.2, 0.25) is 0 Å². The van der Waals surface area contributed by atoms with Crippen molar-refractivity contribution in [3.8, 4) is 5.75 Å². The number of ether oxygens (including phenoxy) is 1. The van der Waals surface area contributed by atoms with E-state index in [2.05, 4.69) is 17.4 Å². The van der Waals surface area contributed by atoms with E-state index >= 15 is 0 Å². The van der Waals surface area contributed by atoms with E-state index in [1.807, 2.05) is 49.4 Å². The Labute approximate surface area is 136 Å². The van der Waals surface area contributed by atoms with Gasteiger partial charge in [-0.3, -0.25) is 4.79 Å². The lowest BCUT2D eigenvalue weighted by Crippen LogP contribution is -2.37. The fraction of sp³-hybridized carbons (Fsp3) is 0.278. The van der Waals surface area contributed by atoms with E-state index < -0.39 is 6.10 Å². The predicted octanol–water partition coefficient (Wildman–Crippen LogP) is 3.67. The quantitative estimate of drug-likeness (QED) is 0.626. The average molecular weight is 315 g/mol. The maximum Gasteiger partial charge on any atom is 0.260 e. The standard InChI is InChI=1S/C18H21NO2S/c1-14-7-6-8-16(13-14)21-15(2)18(20)19-11-12-22-17-9-4-3-5-10-17/h3-10,13,15H,11-12H2,1-2H3,(H,19,20). The van der Waals surface area contributed by atoms with Gasteiger partial charge in [0.15, 0.2) is 6.10 Å². The molecule has 2 rings (SSSR count). The number of amides is 1. The molecular formula is C18H21NO2S. The largest absolute Gasteiger partial charge is 0.481 e. The molecule has 1 unspecified atom stereocenters. The number of carbonyl (C=O) groups excluding carboxylic acids is 1. The second-order valence-corrected chi connectivity index (χ2v) is 6.20. The first-order valence-electron chi connectivity index (χ1n) is 7.34. The summed E-state index contributed by atoms with van der Waals surface area (Å²) in [4.78, 5) is 13.2. The Bertz CT molecular complexity index is 601. The Hall–Kier alpha value is -1.94. The van der Waals surface area contributed by atoms with E-state index in [9.17, 15) is 4.79 Å². The first kappa shape index (κ1) is 16.4. The van der Waals surface area contributed by atoms with Crippen molar-refractivity contribution < 1.29 is 9.53 Å². The molecule has 0 aromatic heterocycles. The molecule has 22 heavy (non-hydrogen) atoms. The molecule has 2 aromatic carbocycles. The van der Waals surface area contributed by atoms with Gasteiger partial charge in [-0.15, -0.1) is 11.8 Å². The van der Waals surface area contributed by atoms with Crippen LogP contribution in [0.3, 0.4) is 0 Å². The van der Waals surface area contributed by atoms with Gasteiger partial charge >= 0.3 is 0 Å². The van der Waals surface area contributed by atoms with Crippen LogP contribution in [-0.2, 0) is 4.79 Å². The minimum absolute atomic E-state index is 0.0878. The molecule has 1 N–H and O–H groups in total. The molecular weight excluding hydrogens is 294 g/mol. The topological polar surface area (TPSA) is 38.3 Å². The third-order valence-electron chi connectivity index (χ3n) is 3.08. The van der Waals surface area contributed by atoms with E-state index in [0.29, 0.717) is 6.54 Å². The predicted molar refractivity (Wildman–Crippen MR) is 91.4 cm³/mol. The van der Waals surface area contributed by atoms with E-state index in [-0.39, 0.29) is 5.91 Å². The Balaban J connectivity index is 1.70. The summed E-state index contributed by atoms with van der Waals surface area (Å²) in [6.07, 6.45) is -0.497. The molecule has 0 bridgehead atoms. The minimum atomic E-state index is -0.497. The smallest absolute Gasteiger partial charge is 0.260 e. The van der Waals surface area contributed by atoms with Gasteiger partial charge in [-0.1, -0.05) is 30.3 Å². The van der Waals surface area contributed by atoms with Crippen LogP contribution in [0.4, 0.5) is 0 Å². The highest BCUT2D eigenvalue weighted by Crippen LogP contribution is 2.16. The maximum absolute atomic E-state index is 12.0. The van der Waals surface area contributed by atoms with Crippen LogP contribution in [0.1, 0.15) is 12.5 Å². The van der Waals surface area contributed by atoms with E-state index in [1.165, 1.54) is 4.90 Å². The number of hydrogen-bond donors (Lipinski definition) is 1. The number of aryl methyl sites for hydroxylation is 1. The first-order chi connectivity index (χ1) is 10.6. The van der Waals surface area contributed by atoms with Crippen LogP contribution >= 0.6 is 11.8 Å². The lowest BCUT2D eigenvalue weighted by molar-refractivity contribution is -0.127. The molecule has 3 nitrogen and oxygen atoms in total. The van der Waals surface area contributed by atoms with Crippen molar-refractivity contribution in [2.45, 2.75) is 24.8 Å². The molecule has 116 valence electrons. The summed E-state index contributed by atoms with van der Waals surface area (Å²) in [5.41, 5.74) is 1.12. The van der Waals surface area contributed by atoms with Gasteiger partial charge in [0.2, 0.25) is 0 Å². The second kappa shape index (κ2) is 8.49. The van der Waals surface area contributed by atoms with Crippen molar-refractivity contribution in [1.82, 2.24) is 5.32 Å². The maximum atomic E-state index is 12.0. The molecule has 0 radical (unpaired) electrons. The minimum Gasteiger partial charge on any atom is -0.481 e. The van der Waals surface area contributed by atoms with Crippen LogP contribution < -0.4 is 10.1 Å². The van der Waals surface area contributed by atoms with Gasteiger partial charge in [0.05, 0.1) is 0 Å². The molecule has 0 saturated carbocycles. The fourth-order valence-electron chi connectivity index (χ4n) is 1.95. The molecule has 0 aliphatic carbocycles. The number of hydrogen-bond acceptors (Lipinski definition) is 3. The third-order valence-corrected chi connectivity index (χ3v) is 4.10. The van der Waals surface area contributed by atoms with Crippen molar-refractivity contribution in [2.24, 2.45) is 0 Å². The van der Waals surface area contributed by atoms with Crippen LogP contribution in [0.25, 0.3) is 0 Å². The van der Waals surface area contributed by atoms with Crippen molar-refractivity contribution in [3.63, 3.8) is 0 Å². The van der Waals surface area contributed by atoms with Gasteiger partial charge in [-0.05, 0) is 43.7 Å². The van der Waals surface area contributed by atoms with Crippen LogP contribution in [0.5, 0.6) is 5.75 Å². The van der Waals surface area contributed by atoms with E-state index in [1.54, 1.807) is 18.7 Å². The highest BCUT2D eigenvalue weighted by Gasteiger charge is 2.13. The zero-order valence-electron chi connectivity index (χ0n) is 12.9. The van der Waals surface area contributed by atoms with Gasteiger partial charge in [0.1, 0.15) is 5.75 Å².